The van der Waals surface area contributed by atoms with E-state index in [9.17, 15) is 5.11 Å². The third-order valence-corrected chi connectivity index (χ3v) is 4.80. The summed E-state index contributed by atoms with van der Waals surface area (Å²) in [6, 6.07) is 0. The maximum Gasteiger partial charge on any atom is 0.158 e. The van der Waals surface area contributed by atoms with Crippen molar-refractivity contribution in [3.05, 3.63) is 0 Å². The van der Waals surface area contributed by atoms with Crippen LogP contribution in [0.5, 0.6) is 0 Å². The van der Waals surface area contributed by atoms with E-state index < -0.39 is 0 Å². The molecule has 0 atom stereocenters. The van der Waals surface area contributed by atoms with Gasteiger partial charge in [-0.1, -0.05) is 19.3 Å². The average Bonchev–Trinajstić information content (AvgIpc) is 1.89. The lowest BCUT2D eigenvalue weighted by molar-refractivity contribution is 0.406. The van der Waals surface area contributed by atoms with E-state index in [0.717, 1.165) is 23.1 Å². The van der Waals surface area contributed by atoms with E-state index in [-0.39, 0.29) is 10.1 Å². The van der Waals surface area contributed by atoms with Crippen LogP contribution in [0, 0.1) is 0 Å². The third-order valence-electron chi connectivity index (χ3n) is 2.47. The van der Waals surface area contributed by atoms with Crippen molar-refractivity contribution in [2.75, 3.05) is 0 Å². The van der Waals surface area contributed by atoms with E-state index in [0.29, 0.717) is 0 Å². The van der Waals surface area contributed by atoms with Gasteiger partial charge in [-0.3, -0.25) is 0 Å². The smallest absolute Gasteiger partial charge is 0.158 e. The summed E-state index contributed by atoms with van der Waals surface area (Å²) in [4.78, 5) is 0. The van der Waals surface area contributed by atoms with Gasteiger partial charge >= 0.3 is 0 Å². The summed E-state index contributed by atoms with van der Waals surface area (Å²) in [5.74, 6) is 0. The van der Waals surface area contributed by atoms with Crippen LogP contribution in [0.3, 0.4) is 0 Å². The van der Waals surface area contributed by atoms with Gasteiger partial charge in [-0.2, -0.15) is 0 Å². The Morgan fingerprint density at radius 3 is 2.10 bits per heavy atom. The maximum atomic E-state index is 9.20. The van der Waals surface area contributed by atoms with Crippen LogP contribution in [0.1, 0.15) is 32.1 Å². The molecule has 1 saturated carbocycles. The molecule has 3 heteroatoms. The number of thiocarbonyl (C=S) groups is 1. The van der Waals surface area contributed by atoms with Crippen LogP contribution in [0.2, 0.25) is 5.04 Å². The normalized spacial score (nSPS) is 24.4. The first-order valence-corrected chi connectivity index (χ1v) is 5.29. The lowest BCUT2D eigenvalue weighted by Gasteiger charge is -2.30. The fraction of sp³-hybridized carbons (Fsp3) is 0.857. The average molecular weight is 174 g/mol. The Hall–Kier alpha value is 0.107. The summed E-state index contributed by atoms with van der Waals surface area (Å²) >= 11 is 4.82. The maximum absolute atomic E-state index is 9.20. The molecule has 1 nitrogen and oxygen atoms in total. The lowest BCUT2D eigenvalue weighted by Crippen LogP contribution is -2.24. The molecule has 0 aromatic rings. The molecular weight excluding hydrogens is 160 g/mol. The van der Waals surface area contributed by atoms with Crippen LogP contribution in [0.15, 0.2) is 0 Å². The molecular formula is C7H14OSSi. The molecule has 58 valence electrons. The highest BCUT2D eigenvalue weighted by atomic mass is 32.1. The zero-order valence-electron chi connectivity index (χ0n) is 6.39. The second kappa shape index (κ2) is 3.01. The van der Waals surface area contributed by atoms with Gasteiger partial charge in [0.1, 0.15) is 0 Å². The summed E-state index contributed by atoms with van der Waals surface area (Å²) < 4.78 is 0. The highest BCUT2D eigenvalue weighted by Gasteiger charge is 2.30. The molecule has 1 N–H and O–H groups in total. The molecule has 0 unspecified atom stereocenters. The summed E-state index contributed by atoms with van der Waals surface area (Å²) in [6.07, 6.45) is 6.10. The van der Waals surface area contributed by atoms with Gasteiger partial charge in [-0.25, -0.2) is 0 Å². The van der Waals surface area contributed by atoms with Crippen molar-refractivity contribution in [2.45, 2.75) is 37.1 Å². The predicted molar refractivity (Wildman–Crippen MR) is 50.9 cm³/mol. The summed E-state index contributed by atoms with van der Waals surface area (Å²) in [7, 11) is 1.02. The van der Waals surface area contributed by atoms with Crippen molar-refractivity contribution in [1.29, 1.82) is 0 Å². The van der Waals surface area contributed by atoms with Crippen LogP contribution in [-0.2, 0) is 0 Å². The minimum atomic E-state index is 0.105. The van der Waals surface area contributed by atoms with Gasteiger partial charge in [-0.15, -0.1) is 0 Å². The third kappa shape index (κ3) is 1.58. The molecule has 1 aliphatic rings. The first-order valence-electron chi connectivity index (χ1n) is 3.88. The van der Waals surface area contributed by atoms with Gasteiger partial charge in [0.15, 0.2) is 5.05 Å². The van der Waals surface area contributed by atoms with E-state index in [2.05, 4.69) is 0 Å². The first-order chi connectivity index (χ1) is 4.65. The van der Waals surface area contributed by atoms with Crippen molar-refractivity contribution >= 4 is 27.5 Å². The standard InChI is InChI=1S/C7H14OSSi/c8-6(9)7(10)4-2-1-3-5-7/h1-5H2,10H3,(H,8,9). The van der Waals surface area contributed by atoms with E-state index in [1.54, 1.807) is 0 Å². The SMILES string of the molecule is OC(=S)C1([SiH3])CCCCC1. The van der Waals surface area contributed by atoms with Crippen molar-refractivity contribution in [3.8, 4) is 0 Å². The molecule has 0 amide bonds. The molecule has 0 heterocycles. The monoisotopic (exact) mass is 174 g/mol. The molecule has 1 aliphatic carbocycles. The molecule has 0 spiro atoms. The molecule has 0 bridgehead atoms. The van der Waals surface area contributed by atoms with Gasteiger partial charge in [0, 0.05) is 15.3 Å². The van der Waals surface area contributed by atoms with Gasteiger partial charge in [0.05, 0.1) is 0 Å². The fourth-order valence-electron chi connectivity index (χ4n) is 1.55. The topological polar surface area (TPSA) is 20.2 Å². The molecule has 10 heavy (non-hydrogen) atoms. The Morgan fingerprint density at radius 2 is 1.80 bits per heavy atom. The van der Waals surface area contributed by atoms with Gasteiger partial charge in [-0.05, 0) is 25.1 Å². The van der Waals surface area contributed by atoms with E-state index >= 15 is 0 Å². The summed E-state index contributed by atoms with van der Waals surface area (Å²) in [5.41, 5.74) is 0. The Bertz CT molecular complexity index is 141. The van der Waals surface area contributed by atoms with E-state index in [1.807, 2.05) is 0 Å². The lowest BCUT2D eigenvalue weighted by atomic mass is 9.89. The van der Waals surface area contributed by atoms with Crippen LogP contribution in [0.4, 0.5) is 0 Å². The Balaban J connectivity index is 2.56. The zero-order chi connectivity index (χ0) is 7.61. The highest BCUT2D eigenvalue weighted by molar-refractivity contribution is 7.80. The van der Waals surface area contributed by atoms with Crippen LogP contribution < -0.4 is 0 Å². The molecule has 0 aromatic heterocycles. The number of hydrogen-bond acceptors (Lipinski definition) is 1. The second-order valence-corrected chi connectivity index (χ2v) is 5.73. The van der Waals surface area contributed by atoms with Gasteiger partial charge in [0.2, 0.25) is 0 Å². The number of aliphatic hydroxyl groups excluding tert-OH is 1. The molecule has 1 fully saturated rings. The number of aliphatic hydroxyl groups is 1. The minimum absolute atomic E-state index is 0.105. The molecule has 0 radical (unpaired) electrons. The van der Waals surface area contributed by atoms with Crippen LogP contribution >= 0.6 is 12.2 Å². The quantitative estimate of drug-likeness (QED) is 0.478. The highest BCUT2D eigenvalue weighted by Crippen LogP contribution is 2.40. The first kappa shape index (κ1) is 8.21. The van der Waals surface area contributed by atoms with Crippen LogP contribution in [-0.4, -0.2) is 20.4 Å². The van der Waals surface area contributed by atoms with E-state index in [4.69, 9.17) is 12.2 Å². The van der Waals surface area contributed by atoms with Crippen LogP contribution in [0.25, 0.3) is 0 Å². The Labute approximate surface area is 70.2 Å². The number of rotatable bonds is 1. The zero-order valence-corrected chi connectivity index (χ0v) is 9.21. The van der Waals surface area contributed by atoms with E-state index in [1.165, 1.54) is 19.3 Å². The summed E-state index contributed by atoms with van der Waals surface area (Å²) in [6.45, 7) is 0. The molecule has 0 saturated heterocycles. The summed E-state index contributed by atoms with van der Waals surface area (Å²) in [5, 5.41) is 9.58. The van der Waals surface area contributed by atoms with Gasteiger partial charge in [0.25, 0.3) is 0 Å². The second-order valence-electron chi connectivity index (χ2n) is 3.43. The minimum Gasteiger partial charge on any atom is -0.502 e. The molecule has 0 aromatic carbocycles. The predicted octanol–water partition coefficient (Wildman–Crippen LogP) is 1.36. The van der Waals surface area contributed by atoms with Crippen molar-refractivity contribution in [3.63, 3.8) is 0 Å². The Kier molecular flexibility index (Phi) is 2.47. The Morgan fingerprint density at radius 1 is 1.30 bits per heavy atom. The van der Waals surface area contributed by atoms with Crippen molar-refractivity contribution in [1.82, 2.24) is 0 Å². The number of hydrogen-bond donors (Lipinski definition) is 1. The fourth-order valence-corrected chi connectivity index (χ4v) is 2.46. The van der Waals surface area contributed by atoms with Crippen molar-refractivity contribution < 1.29 is 5.11 Å². The largest absolute Gasteiger partial charge is 0.502 e. The molecule has 0 aliphatic heterocycles. The molecule has 1 rings (SSSR count). The van der Waals surface area contributed by atoms with Crippen molar-refractivity contribution in [2.24, 2.45) is 0 Å². The van der Waals surface area contributed by atoms with Gasteiger partial charge < -0.3 is 5.11 Å².